The molecule has 0 aliphatic carbocycles. The van der Waals surface area contributed by atoms with Crippen molar-refractivity contribution < 1.29 is 0 Å². The van der Waals surface area contributed by atoms with Crippen LogP contribution >= 0.6 is 23.1 Å². The first-order valence-corrected chi connectivity index (χ1v) is 9.59. The highest BCUT2D eigenvalue weighted by Gasteiger charge is 2.10. The fourth-order valence-electron chi connectivity index (χ4n) is 2.33. The molecular weight excluding hydrogens is 342 g/mol. The van der Waals surface area contributed by atoms with E-state index >= 15 is 0 Å². The number of thiazole rings is 1. The van der Waals surface area contributed by atoms with Gasteiger partial charge in [0.15, 0.2) is 0 Å². The van der Waals surface area contributed by atoms with Crippen LogP contribution in [0, 0.1) is 6.92 Å². The Morgan fingerprint density at radius 1 is 1.25 bits per heavy atom. The molecule has 3 rings (SSSR count). The topological polar surface area (TPSA) is 65.6 Å². The highest BCUT2D eigenvalue weighted by molar-refractivity contribution is 7.99. The predicted molar refractivity (Wildman–Crippen MR) is 97.3 cm³/mol. The standard InChI is InChI=1S/C16H19N5OS2/c1-11(2)13-4-6-14(7-5-13)21-15(17-18-19-21)23-9-8-20-12(3)10-24-16(20)22/h4-7,10-11H,8-9H2,1-3H3. The lowest BCUT2D eigenvalue weighted by molar-refractivity contribution is 0.725. The Bertz CT molecular complexity index is 863. The van der Waals surface area contributed by atoms with E-state index in [1.165, 1.54) is 16.9 Å². The molecule has 0 atom stereocenters. The second-order valence-electron chi connectivity index (χ2n) is 5.76. The van der Waals surface area contributed by atoms with E-state index in [0.717, 1.165) is 22.3 Å². The van der Waals surface area contributed by atoms with E-state index in [4.69, 9.17) is 0 Å². The number of rotatable bonds is 6. The van der Waals surface area contributed by atoms with Gasteiger partial charge in [0, 0.05) is 23.4 Å². The van der Waals surface area contributed by atoms with E-state index in [2.05, 4.69) is 41.5 Å². The molecule has 8 heteroatoms. The fourth-order valence-corrected chi connectivity index (χ4v) is 3.91. The van der Waals surface area contributed by atoms with Crippen LogP contribution in [0.25, 0.3) is 5.69 Å². The zero-order valence-corrected chi connectivity index (χ0v) is 15.5. The summed E-state index contributed by atoms with van der Waals surface area (Å²) in [5, 5.41) is 14.6. The summed E-state index contributed by atoms with van der Waals surface area (Å²) in [6.45, 7) is 6.93. The van der Waals surface area contributed by atoms with Crippen LogP contribution in [0.1, 0.15) is 31.0 Å². The summed E-state index contributed by atoms with van der Waals surface area (Å²) in [5.41, 5.74) is 3.22. The Labute approximate surface area is 148 Å². The van der Waals surface area contributed by atoms with Crippen LogP contribution in [-0.4, -0.2) is 30.5 Å². The average Bonchev–Trinajstić information content (AvgIpc) is 3.16. The maximum absolute atomic E-state index is 11.7. The van der Waals surface area contributed by atoms with Crippen LogP contribution in [0.2, 0.25) is 0 Å². The van der Waals surface area contributed by atoms with Crippen molar-refractivity contribution in [2.75, 3.05) is 5.75 Å². The van der Waals surface area contributed by atoms with Crippen LogP contribution in [0.4, 0.5) is 0 Å². The molecule has 0 saturated heterocycles. The Hall–Kier alpha value is -1.93. The summed E-state index contributed by atoms with van der Waals surface area (Å²) in [6.07, 6.45) is 0. The first kappa shape index (κ1) is 16.9. The molecule has 1 aromatic carbocycles. The van der Waals surface area contributed by atoms with Gasteiger partial charge >= 0.3 is 4.87 Å². The minimum absolute atomic E-state index is 0.0805. The lowest BCUT2D eigenvalue weighted by atomic mass is 10.0. The summed E-state index contributed by atoms with van der Waals surface area (Å²) in [5.74, 6) is 1.23. The third-order valence-corrected chi connectivity index (χ3v) is 5.55. The van der Waals surface area contributed by atoms with Gasteiger partial charge in [0.2, 0.25) is 5.16 Å². The molecular formula is C16H19N5OS2. The largest absolute Gasteiger partial charge is 0.307 e. The first-order valence-electron chi connectivity index (χ1n) is 7.72. The van der Waals surface area contributed by atoms with Crippen molar-refractivity contribution in [2.45, 2.75) is 38.4 Å². The van der Waals surface area contributed by atoms with E-state index in [0.29, 0.717) is 12.5 Å². The van der Waals surface area contributed by atoms with Gasteiger partial charge in [-0.15, -0.1) is 5.10 Å². The molecule has 6 nitrogen and oxygen atoms in total. The smallest absolute Gasteiger partial charge is 0.303 e. The van der Waals surface area contributed by atoms with E-state index in [1.807, 2.05) is 24.4 Å². The van der Waals surface area contributed by atoms with Gasteiger partial charge in [0.25, 0.3) is 0 Å². The average molecular weight is 361 g/mol. The normalized spacial score (nSPS) is 11.3. The van der Waals surface area contributed by atoms with E-state index < -0.39 is 0 Å². The van der Waals surface area contributed by atoms with Gasteiger partial charge in [-0.05, 0) is 41.0 Å². The summed E-state index contributed by atoms with van der Waals surface area (Å²) < 4.78 is 3.52. The van der Waals surface area contributed by atoms with Gasteiger partial charge in [-0.1, -0.05) is 49.1 Å². The number of nitrogens with zero attached hydrogens (tertiary/aromatic N) is 5. The number of aromatic nitrogens is 5. The molecule has 0 saturated carbocycles. The van der Waals surface area contributed by atoms with Gasteiger partial charge in [0.1, 0.15) is 0 Å². The highest BCUT2D eigenvalue weighted by atomic mass is 32.2. The van der Waals surface area contributed by atoms with Crippen molar-refractivity contribution in [3.05, 3.63) is 50.6 Å². The Kier molecular flexibility index (Phi) is 5.15. The lowest BCUT2D eigenvalue weighted by Gasteiger charge is -2.08. The molecule has 3 aromatic rings. The molecule has 2 heterocycles. The molecule has 0 aliphatic heterocycles. The Morgan fingerprint density at radius 2 is 2.00 bits per heavy atom. The van der Waals surface area contributed by atoms with Crippen molar-refractivity contribution >= 4 is 23.1 Å². The summed E-state index contributed by atoms with van der Waals surface area (Å²) in [7, 11) is 0. The molecule has 0 bridgehead atoms. The Balaban J connectivity index is 1.70. The van der Waals surface area contributed by atoms with Crippen molar-refractivity contribution in [1.29, 1.82) is 0 Å². The third kappa shape index (κ3) is 3.59. The van der Waals surface area contributed by atoms with E-state index in [-0.39, 0.29) is 4.87 Å². The van der Waals surface area contributed by atoms with Crippen LogP contribution in [0.15, 0.2) is 39.6 Å². The number of benzene rings is 1. The van der Waals surface area contributed by atoms with Crippen molar-refractivity contribution in [2.24, 2.45) is 0 Å². The number of tetrazole rings is 1. The third-order valence-electron chi connectivity index (χ3n) is 3.77. The SMILES string of the molecule is Cc1csc(=O)n1CCSc1nnnn1-c1ccc(C(C)C)cc1. The number of hydrogen-bond donors (Lipinski definition) is 0. The summed E-state index contributed by atoms with van der Waals surface area (Å²) in [6, 6.07) is 8.27. The molecule has 0 radical (unpaired) electrons. The molecule has 2 aromatic heterocycles. The molecule has 0 aliphatic rings. The molecule has 126 valence electrons. The van der Waals surface area contributed by atoms with E-state index in [1.54, 1.807) is 21.0 Å². The maximum atomic E-state index is 11.7. The molecule has 0 spiro atoms. The van der Waals surface area contributed by atoms with Gasteiger partial charge < -0.3 is 4.57 Å². The quantitative estimate of drug-likeness (QED) is 0.631. The minimum atomic E-state index is 0.0805. The molecule has 0 amide bonds. The Morgan fingerprint density at radius 3 is 2.62 bits per heavy atom. The van der Waals surface area contributed by atoms with E-state index in [9.17, 15) is 4.79 Å². The molecule has 24 heavy (non-hydrogen) atoms. The van der Waals surface area contributed by atoms with Crippen LogP contribution in [0.3, 0.4) is 0 Å². The van der Waals surface area contributed by atoms with Gasteiger partial charge in [-0.2, -0.15) is 4.68 Å². The monoisotopic (exact) mass is 361 g/mol. The van der Waals surface area contributed by atoms with Gasteiger partial charge in [-0.3, -0.25) is 4.79 Å². The van der Waals surface area contributed by atoms with Crippen LogP contribution < -0.4 is 4.87 Å². The van der Waals surface area contributed by atoms with Crippen molar-refractivity contribution in [1.82, 2.24) is 24.8 Å². The van der Waals surface area contributed by atoms with Crippen LogP contribution in [-0.2, 0) is 6.54 Å². The molecule has 0 unspecified atom stereocenters. The predicted octanol–water partition coefficient (Wildman–Crippen LogP) is 3.11. The molecule has 0 N–H and O–H groups in total. The number of aryl methyl sites for hydroxylation is 1. The van der Waals surface area contributed by atoms with Crippen molar-refractivity contribution in [3.63, 3.8) is 0 Å². The zero-order valence-electron chi connectivity index (χ0n) is 13.8. The second kappa shape index (κ2) is 7.31. The minimum Gasteiger partial charge on any atom is -0.303 e. The molecule has 0 fully saturated rings. The zero-order chi connectivity index (χ0) is 17.1. The second-order valence-corrected chi connectivity index (χ2v) is 7.65. The number of hydrogen-bond acceptors (Lipinski definition) is 6. The summed E-state index contributed by atoms with van der Waals surface area (Å²) in [4.78, 5) is 11.8. The fraction of sp³-hybridized carbons (Fsp3) is 0.375. The number of thioether (sulfide) groups is 1. The lowest BCUT2D eigenvalue weighted by Crippen LogP contribution is -2.16. The van der Waals surface area contributed by atoms with Crippen LogP contribution in [0.5, 0.6) is 0 Å². The highest BCUT2D eigenvalue weighted by Crippen LogP contribution is 2.21. The van der Waals surface area contributed by atoms with Crippen molar-refractivity contribution in [3.8, 4) is 5.69 Å². The van der Waals surface area contributed by atoms with Gasteiger partial charge in [-0.25, -0.2) is 0 Å². The first-order chi connectivity index (χ1) is 11.6. The van der Waals surface area contributed by atoms with Gasteiger partial charge in [0.05, 0.1) is 5.69 Å². The summed E-state index contributed by atoms with van der Waals surface area (Å²) >= 11 is 2.78. The maximum Gasteiger partial charge on any atom is 0.307 e.